The minimum Gasteiger partial charge on any atom is -0.451 e. The first-order valence-corrected chi connectivity index (χ1v) is 6.39. The third-order valence-electron chi connectivity index (χ3n) is 2.82. The van der Waals surface area contributed by atoms with E-state index in [2.05, 4.69) is 10.3 Å². The van der Waals surface area contributed by atoms with Crippen LogP contribution in [0.3, 0.4) is 0 Å². The van der Waals surface area contributed by atoms with Gasteiger partial charge >= 0.3 is 5.97 Å². The highest BCUT2D eigenvalue weighted by molar-refractivity contribution is 5.95. The summed E-state index contributed by atoms with van der Waals surface area (Å²) < 4.78 is 4.91. The van der Waals surface area contributed by atoms with E-state index >= 15 is 0 Å². The summed E-state index contributed by atoms with van der Waals surface area (Å²) in [4.78, 5) is 26.0. The molecule has 2 aromatic rings. The zero-order valence-corrected chi connectivity index (χ0v) is 11.2. The number of hydrogen-bond acceptors (Lipinski definition) is 3. The van der Waals surface area contributed by atoms with Gasteiger partial charge in [-0.25, -0.2) is 4.79 Å². The molecule has 2 N–H and O–H groups in total. The summed E-state index contributed by atoms with van der Waals surface area (Å²) in [7, 11) is 0. The Morgan fingerprint density at radius 3 is 2.70 bits per heavy atom. The number of aryl methyl sites for hydroxylation is 1. The Bertz CT molecular complexity index is 591. The molecule has 5 heteroatoms. The summed E-state index contributed by atoms with van der Waals surface area (Å²) >= 11 is 0. The normalized spacial score (nSPS) is 10.1. The summed E-state index contributed by atoms with van der Waals surface area (Å²) in [5, 5.41) is 2.74. The van der Waals surface area contributed by atoms with Crippen molar-refractivity contribution in [2.45, 2.75) is 13.3 Å². The summed E-state index contributed by atoms with van der Waals surface area (Å²) in [5.74, 6) is -0.903. The molecule has 104 valence electrons. The van der Waals surface area contributed by atoms with Crippen LogP contribution in [0.5, 0.6) is 0 Å². The Kier molecular flexibility index (Phi) is 4.55. The monoisotopic (exact) mass is 272 g/mol. The van der Waals surface area contributed by atoms with Crippen LogP contribution in [0.4, 0.5) is 5.69 Å². The van der Waals surface area contributed by atoms with Gasteiger partial charge in [0.1, 0.15) is 5.69 Å². The maximum absolute atomic E-state index is 11.8. The molecule has 0 atom stereocenters. The number of anilines is 1. The highest BCUT2D eigenvalue weighted by atomic mass is 16.5. The van der Waals surface area contributed by atoms with E-state index in [9.17, 15) is 9.59 Å². The lowest BCUT2D eigenvalue weighted by atomic mass is 10.1. The Morgan fingerprint density at radius 1 is 1.20 bits per heavy atom. The molecule has 0 aliphatic heterocycles. The average Bonchev–Trinajstić information content (AvgIpc) is 2.99. The van der Waals surface area contributed by atoms with Crippen molar-refractivity contribution in [1.82, 2.24) is 4.98 Å². The van der Waals surface area contributed by atoms with Crippen LogP contribution >= 0.6 is 0 Å². The first-order valence-electron chi connectivity index (χ1n) is 6.39. The smallest absolute Gasteiger partial charge is 0.355 e. The van der Waals surface area contributed by atoms with E-state index in [0.29, 0.717) is 5.69 Å². The zero-order chi connectivity index (χ0) is 14.4. The van der Waals surface area contributed by atoms with Crippen LogP contribution < -0.4 is 5.32 Å². The van der Waals surface area contributed by atoms with E-state index in [1.54, 1.807) is 18.3 Å². The van der Waals surface area contributed by atoms with Crippen molar-refractivity contribution < 1.29 is 14.3 Å². The molecule has 2 rings (SSSR count). The number of esters is 1. The molecular weight excluding hydrogens is 256 g/mol. The molecule has 1 heterocycles. The van der Waals surface area contributed by atoms with E-state index in [0.717, 1.165) is 17.7 Å². The molecule has 0 aliphatic carbocycles. The van der Waals surface area contributed by atoms with Crippen LogP contribution in [0.1, 0.15) is 23.0 Å². The van der Waals surface area contributed by atoms with Gasteiger partial charge in [0.15, 0.2) is 6.61 Å². The second kappa shape index (κ2) is 6.56. The average molecular weight is 272 g/mol. The van der Waals surface area contributed by atoms with Crippen LogP contribution in [0, 0.1) is 0 Å². The number of rotatable bonds is 5. The number of amides is 1. The predicted octanol–water partition coefficient (Wildman–Crippen LogP) is 2.37. The number of H-pyrrole nitrogens is 1. The summed E-state index contributed by atoms with van der Waals surface area (Å²) in [6.45, 7) is 1.70. The summed E-state index contributed by atoms with van der Waals surface area (Å²) in [6.07, 6.45) is 2.44. The third-order valence-corrected chi connectivity index (χ3v) is 2.82. The first-order chi connectivity index (χ1) is 9.70. The van der Waals surface area contributed by atoms with Crippen LogP contribution in [-0.4, -0.2) is 23.5 Å². The van der Waals surface area contributed by atoms with Crippen molar-refractivity contribution in [1.29, 1.82) is 0 Å². The number of ether oxygens (including phenoxy) is 1. The van der Waals surface area contributed by atoms with E-state index in [4.69, 9.17) is 4.74 Å². The highest BCUT2D eigenvalue weighted by Gasteiger charge is 2.11. The van der Waals surface area contributed by atoms with E-state index < -0.39 is 5.97 Å². The van der Waals surface area contributed by atoms with Gasteiger partial charge in [-0.2, -0.15) is 0 Å². The minimum atomic E-state index is -0.547. The molecule has 0 fully saturated rings. The Balaban J connectivity index is 1.88. The number of carbonyl (C=O) groups excluding carboxylic acids is 2. The fourth-order valence-corrected chi connectivity index (χ4v) is 1.80. The SMILES string of the molecule is CCc1ccccc1NC(=O)COC(=O)c1ccc[nH]1. The highest BCUT2D eigenvalue weighted by Crippen LogP contribution is 2.15. The van der Waals surface area contributed by atoms with E-state index in [-0.39, 0.29) is 12.5 Å². The van der Waals surface area contributed by atoms with Crippen LogP contribution in [-0.2, 0) is 16.0 Å². The van der Waals surface area contributed by atoms with E-state index in [1.165, 1.54) is 0 Å². The summed E-state index contributed by atoms with van der Waals surface area (Å²) in [6, 6.07) is 10.8. The van der Waals surface area contributed by atoms with Gasteiger partial charge in [-0.05, 0) is 30.2 Å². The first kappa shape index (κ1) is 13.9. The maximum atomic E-state index is 11.8. The second-order valence-corrected chi connectivity index (χ2v) is 4.22. The number of nitrogens with one attached hydrogen (secondary N) is 2. The molecule has 0 saturated carbocycles. The zero-order valence-electron chi connectivity index (χ0n) is 11.2. The Labute approximate surface area is 117 Å². The molecule has 0 bridgehead atoms. The molecule has 0 radical (unpaired) electrons. The van der Waals surface area contributed by atoms with Gasteiger partial charge in [0.25, 0.3) is 5.91 Å². The van der Waals surface area contributed by atoms with Crippen molar-refractivity contribution in [3.8, 4) is 0 Å². The maximum Gasteiger partial charge on any atom is 0.355 e. The van der Waals surface area contributed by atoms with Crippen molar-refractivity contribution in [3.63, 3.8) is 0 Å². The molecule has 1 aromatic carbocycles. The Morgan fingerprint density at radius 2 is 2.00 bits per heavy atom. The molecule has 1 amide bonds. The fourth-order valence-electron chi connectivity index (χ4n) is 1.80. The quantitative estimate of drug-likeness (QED) is 0.821. The van der Waals surface area contributed by atoms with Crippen LogP contribution in [0.2, 0.25) is 0 Å². The number of para-hydroxylation sites is 1. The summed E-state index contributed by atoms with van der Waals surface area (Å²) in [5.41, 5.74) is 2.11. The Hall–Kier alpha value is -2.56. The molecule has 0 aliphatic rings. The van der Waals surface area contributed by atoms with Gasteiger partial charge in [-0.1, -0.05) is 25.1 Å². The molecular formula is C15H16N2O3. The van der Waals surface area contributed by atoms with Gasteiger partial charge < -0.3 is 15.0 Å². The third kappa shape index (κ3) is 3.47. The molecule has 0 saturated heterocycles. The molecule has 20 heavy (non-hydrogen) atoms. The van der Waals surface area contributed by atoms with Gasteiger partial charge in [0.05, 0.1) is 0 Å². The second-order valence-electron chi connectivity index (χ2n) is 4.22. The van der Waals surface area contributed by atoms with Crippen molar-refractivity contribution in [2.24, 2.45) is 0 Å². The minimum absolute atomic E-state index is 0.310. The van der Waals surface area contributed by atoms with Crippen molar-refractivity contribution >= 4 is 17.6 Å². The number of hydrogen-bond donors (Lipinski definition) is 2. The number of aromatic amines is 1. The number of aromatic nitrogens is 1. The van der Waals surface area contributed by atoms with Gasteiger partial charge in [0, 0.05) is 11.9 Å². The molecule has 5 nitrogen and oxygen atoms in total. The molecule has 0 spiro atoms. The lowest BCUT2D eigenvalue weighted by molar-refractivity contribution is -0.119. The largest absolute Gasteiger partial charge is 0.451 e. The molecule has 1 aromatic heterocycles. The van der Waals surface area contributed by atoms with Crippen LogP contribution in [0.25, 0.3) is 0 Å². The fraction of sp³-hybridized carbons (Fsp3) is 0.200. The van der Waals surface area contributed by atoms with Gasteiger partial charge in [-0.15, -0.1) is 0 Å². The van der Waals surface area contributed by atoms with Crippen molar-refractivity contribution in [2.75, 3.05) is 11.9 Å². The number of carbonyl (C=O) groups is 2. The standard InChI is InChI=1S/C15H16N2O3/c1-2-11-6-3-4-7-12(11)17-14(18)10-20-15(19)13-8-5-9-16-13/h3-9,16H,2,10H2,1H3,(H,17,18). The lowest BCUT2D eigenvalue weighted by Gasteiger charge is -2.09. The van der Waals surface area contributed by atoms with E-state index in [1.807, 2.05) is 31.2 Å². The number of benzene rings is 1. The van der Waals surface area contributed by atoms with Crippen LogP contribution in [0.15, 0.2) is 42.6 Å². The molecule has 0 unspecified atom stereocenters. The predicted molar refractivity (Wildman–Crippen MR) is 75.5 cm³/mol. The lowest BCUT2D eigenvalue weighted by Crippen LogP contribution is -2.21. The topological polar surface area (TPSA) is 71.2 Å². The van der Waals surface area contributed by atoms with Crippen molar-refractivity contribution in [3.05, 3.63) is 53.9 Å². The van der Waals surface area contributed by atoms with Gasteiger partial charge in [0.2, 0.25) is 0 Å². The van der Waals surface area contributed by atoms with Gasteiger partial charge in [-0.3, -0.25) is 4.79 Å².